The van der Waals surface area contributed by atoms with Crippen molar-refractivity contribution in [2.75, 3.05) is 7.11 Å². The molecular formula is C14H14N2O4S. The van der Waals surface area contributed by atoms with Gasteiger partial charge >= 0.3 is 5.97 Å². The number of rotatable bonds is 4. The van der Waals surface area contributed by atoms with Crippen LogP contribution in [-0.4, -0.2) is 30.2 Å². The molecule has 0 N–H and O–H groups in total. The molecule has 1 heterocycles. The minimum atomic E-state index is -0.563. The molecule has 0 radical (unpaired) electrons. The third-order valence-electron chi connectivity index (χ3n) is 2.65. The molecule has 0 atom stereocenters. The van der Waals surface area contributed by atoms with Crippen molar-refractivity contribution in [2.45, 2.75) is 26.9 Å². The number of ether oxygens (including phenoxy) is 2. The minimum Gasteiger partial charge on any atom is -0.494 e. The second kappa shape index (κ2) is 6.03. The molecule has 0 fully saturated rings. The summed E-state index contributed by atoms with van der Waals surface area (Å²) in [4.78, 5) is 31.0. The molecule has 7 heteroatoms. The summed E-state index contributed by atoms with van der Waals surface area (Å²) in [5, 5.41) is 0.790. The zero-order valence-electron chi connectivity index (χ0n) is 12.1. The number of isocyanates is 1. The quantitative estimate of drug-likeness (QED) is 0.492. The van der Waals surface area contributed by atoms with E-state index in [0.717, 1.165) is 5.01 Å². The standard InChI is InChI=1S/C14H14N2O4S/c1-7(2)20-14(18)11-12(15-6-17)10(19-4)5-9-13(11)21-8(3)16-9/h5,7H,1-4H3. The van der Waals surface area contributed by atoms with Gasteiger partial charge in [0.15, 0.2) is 0 Å². The van der Waals surface area contributed by atoms with Crippen LogP contribution in [0.3, 0.4) is 0 Å². The molecule has 1 aromatic carbocycles. The highest BCUT2D eigenvalue weighted by Gasteiger charge is 2.24. The summed E-state index contributed by atoms with van der Waals surface area (Å²) >= 11 is 1.34. The fourth-order valence-electron chi connectivity index (χ4n) is 1.92. The number of thiazole rings is 1. The number of benzene rings is 1. The summed E-state index contributed by atoms with van der Waals surface area (Å²) in [6.07, 6.45) is 1.16. The van der Waals surface area contributed by atoms with E-state index in [9.17, 15) is 9.59 Å². The highest BCUT2D eigenvalue weighted by Crippen LogP contribution is 2.40. The average Bonchev–Trinajstić information content (AvgIpc) is 2.76. The van der Waals surface area contributed by atoms with E-state index in [-0.39, 0.29) is 23.1 Å². The normalized spacial score (nSPS) is 10.5. The fourth-order valence-corrected chi connectivity index (χ4v) is 2.85. The number of hydrogen-bond donors (Lipinski definition) is 0. The number of methoxy groups -OCH3 is 1. The van der Waals surface area contributed by atoms with Crippen LogP contribution in [0, 0.1) is 6.92 Å². The first-order valence-electron chi connectivity index (χ1n) is 6.25. The summed E-state index contributed by atoms with van der Waals surface area (Å²) in [6, 6.07) is 1.64. The number of aromatic nitrogens is 1. The van der Waals surface area contributed by atoms with Gasteiger partial charge in [-0.1, -0.05) is 0 Å². The van der Waals surface area contributed by atoms with Crippen molar-refractivity contribution in [2.24, 2.45) is 4.99 Å². The van der Waals surface area contributed by atoms with E-state index in [2.05, 4.69) is 9.98 Å². The van der Waals surface area contributed by atoms with Gasteiger partial charge in [-0.25, -0.2) is 14.6 Å². The van der Waals surface area contributed by atoms with Crippen LogP contribution in [-0.2, 0) is 9.53 Å². The van der Waals surface area contributed by atoms with Gasteiger partial charge in [0.1, 0.15) is 17.0 Å². The average molecular weight is 306 g/mol. The highest BCUT2D eigenvalue weighted by molar-refractivity contribution is 7.19. The first-order chi connectivity index (χ1) is 9.97. The van der Waals surface area contributed by atoms with Gasteiger partial charge in [0.05, 0.1) is 28.4 Å². The maximum absolute atomic E-state index is 12.4. The molecule has 0 amide bonds. The van der Waals surface area contributed by atoms with Crippen molar-refractivity contribution in [3.63, 3.8) is 0 Å². The number of carbonyl (C=O) groups excluding carboxylic acids is 2. The number of nitrogens with zero attached hydrogens (tertiary/aromatic N) is 2. The van der Waals surface area contributed by atoms with Crippen LogP contribution in [0.4, 0.5) is 5.69 Å². The Morgan fingerprint density at radius 1 is 1.48 bits per heavy atom. The van der Waals surface area contributed by atoms with Crippen molar-refractivity contribution >= 4 is 39.3 Å². The Labute approximate surface area is 125 Å². The summed E-state index contributed by atoms with van der Waals surface area (Å²) < 4.78 is 11.0. The van der Waals surface area contributed by atoms with Crippen LogP contribution in [0.25, 0.3) is 10.2 Å². The number of fused-ring (bicyclic) bond motifs is 1. The fraction of sp³-hybridized carbons (Fsp3) is 0.357. The summed E-state index contributed by atoms with van der Waals surface area (Å²) in [5.41, 5.74) is 0.913. The van der Waals surface area contributed by atoms with Crippen LogP contribution < -0.4 is 4.74 Å². The third kappa shape index (κ3) is 2.94. The van der Waals surface area contributed by atoms with Gasteiger partial charge in [-0.05, 0) is 20.8 Å². The van der Waals surface area contributed by atoms with Gasteiger partial charge in [-0.15, -0.1) is 11.3 Å². The van der Waals surface area contributed by atoms with Crippen molar-refractivity contribution in [1.29, 1.82) is 0 Å². The molecule has 2 rings (SSSR count). The van der Waals surface area contributed by atoms with E-state index < -0.39 is 5.97 Å². The van der Waals surface area contributed by atoms with Crippen molar-refractivity contribution in [1.82, 2.24) is 4.98 Å². The lowest BCUT2D eigenvalue weighted by molar-refractivity contribution is 0.0381. The first-order valence-corrected chi connectivity index (χ1v) is 7.06. The lowest BCUT2D eigenvalue weighted by Gasteiger charge is -2.12. The Hall–Kier alpha value is -2.24. The second-order valence-corrected chi connectivity index (χ2v) is 5.74. The van der Waals surface area contributed by atoms with E-state index in [1.165, 1.54) is 24.5 Å². The maximum atomic E-state index is 12.4. The molecular weight excluding hydrogens is 292 g/mol. The molecule has 0 saturated carbocycles. The van der Waals surface area contributed by atoms with Gasteiger partial charge in [-0.3, -0.25) is 0 Å². The Morgan fingerprint density at radius 2 is 2.19 bits per heavy atom. The molecule has 0 aliphatic rings. The highest BCUT2D eigenvalue weighted by atomic mass is 32.1. The topological polar surface area (TPSA) is 77.8 Å². The smallest absolute Gasteiger partial charge is 0.342 e. The second-order valence-electron chi connectivity index (χ2n) is 4.54. The van der Waals surface area contributed by atoms with Gasteiger partial charge in [0.2, 0.25) is 6.08 Å². The van der Waals surface area contributed by atoms with Crippen molar-refractivity contribution in [3.05, 3.63) is 16.6 Å². The molecule has 0 unspecified atom stereocenters. The first kappa shape index (κ1) is 15.2. The van der Waals surface area contributed by atoms with Crippen LogP contribution in [0.5, 0.6) is 5.75 Å². The predicted octanol–water partition coefficient (Wildman–Crippen LogP) is 3.15. The molecule has 0 bridgehead atoms. The number of aryl methyl sites for hydroxylation is 1. The van der Waals surface area contributed by atoms with E-state index in [1.54, 1.807) is 19.9 Å². The Balaban J connectivity index is 2.80. The van der Waals surface area contributed by atoms with E-state index in [1.807, 2.05) is 6.92 Å². The Kier molecular flexibility index (Phi) is 4.35. The largest absolute Gasteiger partial charge is 0.494 e. The predicted molar refractivity (Wildman–Crippen MR) is 79.2 cm³/mol. The van der Waals surface area contributed by atoms with Gasteiger partial charge in [0.25, 0.3) is 0 Å². The molecule has 0 spiro atoms. The number of esters is 1. The SMILES string of the molecule is COc1cc2nc(C)sc2c(C(=O)OC(C)C)c1N=C=O. The molecule has 6 nitrogen and oxygen atoms in total. The van der Waals surface area contributed by atoms with Gasteiger partial charge in [-0.2, -0.15) is 4.99 Å². The lowest BCUT2D eigenvalue weighted by atomic mass is 10.1. The van der Waals surface area contributed by atoms with Crippen LogP contribution >= 0.6 is 11.3 Å². The summed E-state index contributed by atoms with van der Waals surface area (Å²) in [7, 11) is 1.43. The zero-order valence-corrected chi connectivity index (χ0v) is 12.9. The van der Waals surface area contributed by atoms with E-state index >= 15 is 0 Å². The number of hydrogen-bond acceptors (Lipinski definition) is 7. The van der Waals surface area contributed by atoms with E-state index in [0.29, 0.717) is 10.2 Å². The zero-order chi connectivity index (χ0) is 15.6. The summed E-state index contributed by atoms with van der Waals surface area (Å²) in [6.45, 7) is 5.32. The number of aliphatic imine (C=N–C) groups is 1. The lowest BCUT2D eigenvalue weighted by Crippen LogP contribution is -2.12. The monoisotopic (exact) mass is 306 g/mol. The third-order valence-corrected chi connectivity index (χ3v) is 3.65. The molecule has 0 aliphatic carbocycles. The van der Waals surface area contributed by atoms with Crippen molar-refractivity contribution in [3.8, 4) is 5.75 Å². The molecule has 0 saturated heterocycles. The molecule has 0 aliphatic heterocycles. The van der Waals surface area contributed by atoms with Crippen molar-refractivity contribution < 1.29 is 19.1 Å². The number of carbonyl (C=O) groups is 1. The summed E-state index contributed by atoms with van der Waals surface area (Å²) in [5.74, 6) is -0.279. The maximum Gasteiger partial charge on any atom is 0.342 e. The molecule has 21 heavy (non-hydrogen) atoms. The van der Waals surface area contributed by atoms with Crippen LogP contribution in [0.2, 0.25) is 0 Å². The van der Waals surface area contributed by atoms with E-state index in [4.69, 9.17) is 9.47 Å². The molecule has 110 valence electrons. The minimum absolute atomic E-state index is 0.120. The Morgan fingerprint density at radius 3 is 2.76 bits per heavy atom. The van der Waals surface area contributed by atoms with Crippen LogP contribution in [0.15, 0.2) is 11.1 Å². The molecule has 1 aromatic heterocycles. The van der Waals surface area contributed by atoms with Gasteiger partial charge < -0.3 is 9.47 Å². The van der Waals surface area contributed by atoms with Gasteiger partial charge in [0, 0.05) is 6.07 Å². The molecule has 2 aromatic rings. The van der Waals surface area contributed by atoms with Crippen LogP contribution in [0.1, 0.15) is 29.2 Å². The Bertz CT molecular complexity index is 745.